The largest absolute Gasteiger partial charge is 0.494 e. The van der Waals surface area contributed by atoms with Crippen molar-refractivity contribution in [2.45, 2.75) is 19.9 Å². The van der Waals surface area contributed by atoms with E-state index in [2.05, 4.69) is 5.32 Å². The molecule has 1 atom stereocenters. The summed E-state index contributed by atoms with van der Waals surface area (Å²) in [6, 6.07) is 19.1. The Kier molecular flexibility index (Phi) is 6.08. The van der Waals surface area contributed by atoms with Crippen LogP contribution in [0.5, 0.6) is 5.75 Å². The maximum Gasteiger partial charge on any atom is 0.247 e. The smallest absolute Gasteiger partial charge is 0.247 e. The number of nitrogens with one attached hydrogen (secondary N) is 1. The minimum atomic E-state index is -3.68. The normalized spacial score (nSPS) is 12.4. The molecule has 152 valence electrons. The molecule has 3 aromatic rings. The molecule has 0 saturated carbocycles. The lowest BCUT2D eigenvalue weighted by Gasteiger charge is -2.28. The molecule has 0 unspecified atom stereocenters. The first-order chi connectivity index (χ1) is 13.8. The first-order valence-corrected chi connectivity index (χ1v) is 11.2. The average molecular weight is 413 g/mol. The van der Waals surface area contributed by atoms with Crippen molar-refractivity contribution in [3.8, 4) is 5.75 Å². The van der Waals surface area contributed by atoms with Gasteiger partial charge in [-0.2, -0.15) is 0 Å². The minimum Gasteiger partial charge on any atom is -0.494 e. The highest BCUT2D eigenvalue weighted by Crippen LogP contribution is 2.25. The number of fused-ring (bicyclic) bond motifs is 1. The van der Waals surface area contributed by atoms with Crippen LogP contribution >= 0.6 is 0 Å². The lowest BCUT2D eigenvalue weighted by atomic mass is 10.1. The molecule has 1 N–H and O–H groups in total. The molecule has 29 heavy (non-hydrogen) atoms. The zero-order valence-corrected chi connectivity index (χ0v) is 17.4. The van der Waals surface area contributed by atoms with Gasteiger partial charge in [-0.25, -0.2) is 8.42 Å². The first kappa shape index (κ1) is 20.7. The van der Waals surface area contributed by atoms with Crippen LogP contribution < -0.4 is 14.4 Å². The van der Waals surface area contributed by atoms with E-state index >= 15 is 0 Å². The molecule has 3 aromatic carbocycles. The summed E-state index contributed by atoms with van der Waals surface area (Å²) in [6.07, 6.45) is 1.09. The molecule has 0 bridgehead atoms. The molecule has 0 aliphatic heterocycles. The van der Waals surface area contributed by atoms with Gasteiger partial charge < -0.3 is 10.1 Å². The second kappa shape index (κ2) is 8.53. The second-order valence-corrected chi connectivity index (χ2v) is 8.57. The maximum atomic E-state index is 12.8. The summed E-state index contributed by atoms with van der Waals surface area (Å²) in [5.74, 6) is 0.220. The van der Waals surface area contributed by atoms with Gasteiger partial charge in [0.2, 0.25) is 15.9 Å². The molecule has 1 amide bonds. The predicted molar refractivity (Wildman–Crippen MR) is 117 cm³/mol. The molecular weight excluding hydrogens is 388 g/mol. The van der Waals surface area contributed by atoms with Crippen molar-refractivity contribution in [2.75, 3.05) is 22.5 Å². The fraction of sp³-hybridized carbons (Fsp3) is 0.227. The van der Waals surface area contributed by atoms with Crippen molar-refractivity contribution in [1.82, 2.24) is 0 Å². The topological polar surface area (TPSA) is 75.7 Å². The summed E-state index contributed by atoms with van der Waals surface area (Å²) in [7, 11) is -3.68. The number of amides is 1. The SMILES string of the molecule is CCOc1ccc(N([C@@H](C)C(=O)Nc2ccc3ccccc3c2)S(C)(=O)=O)cc1. The van der Waals surface area contributed by atoms with E-state index in [1.807, 2.05) is 43.3 Å². The quantitative estimate of drug-likeness (QED) is 0.636. The zero-order chi connectivity index (χ0) is 21.0. The van der Waals surface area contributed by atoms with Crippen LogP contribution in [0.1, 0.15) is 13.8 Å². The molecule has 0 aromatic heterocycles. The molecule has 7 heteroatoms. The van der Waals surface area contributed by atoms with Crippen LogP contribution in [-0.4, -0.2) is 33.2 Å². The predicted octanol–water partition coefficient (Wildman–Crippen LogP) is 4.03. The molecule has 0 aliphatic carbocycles. The first-order valence-electron chi connectivity index (χ1n) is 9.31. The van der Waals surface area contributed by atoms with Gasteiger partial charge in [-0.15, -0.1) is 0 Å². The summed E-state index contributed by atoms with van der Waals surface area (Å²) in [5.41, 5.74) is 1.01. The van der Waals surface area contributed by atoms with Gasteiger partial charge in [-0.1, -0.05) is 30.3 Å². The number of ether oxygens (including phenoxy) is 1. The van der Waals surface area contributed by atoms with Crippen LogP contribution in [0.2, 0.25) is 0 Å². The number of sulfonamides is 1. The third kappa shape index (κ3) is 4.86. The Morgan fingerprint density at radius 3 is 2.31 bits per heavy atom. The van der Waals surface area contributed by atoms with Crippen LogP contribution in [0.25, 0.3) is 10.8 Å². The fourth-order valence-corrected chi connectivity index (χ4v) is 4.35. The minimum absolute atomic E-state index is 0.400. The molecule has 0 saturated heterocycles. The number of benzene rings is 3. The van der Waals surface area contributed by atoms with Gasteiger partial charge in [-0.05, 0) is 61.0 Å². The van der Waals surface area contributed by atoms with Crippen molar-refractivity contribution in [2.24, 2.45) is 0 Å². The summed E-state index contributed by atoms with van der Waals surface area (Å²) in [5, 5.41) is 4.87. The van der Waals surface area contributed by atoms with Gasteiger partial charge in [0, 0.05) is 5.69 Å². The molecule has 6 nitrogen and oxygen atoms in total. The number of nitrogens with zero attached hydrogens (tertiary/aromatic N) is 1. The third-order valence-electron chi connectivity index (χ3n) is 4.51. The summed E-state index contributed by atoms with van der Waals surface area (Å²) in [6.45, 7) is 3.95. The third-order valence-corrected chi connectivity index (χ3v) is 5.75. The van der Waals surface area contributed by atoms with Crippen molar-refractivity contribution >= 4 is 38.1 Å². The molecule has 0 radical (unpaired) electrons. The van der Waals surface area contributed by atoms with Gasteiger partial charge in [0.1, 0.15) is 11.8 Å². The monoisotopic (exact) mass is 412 g/mol. The van der Waals surface area contributed by atoms with Gasteiger partial charge in [-0.3, -0.25) is 9.10 Å². The number of hydrogen-bond donors (Lipinski definition) is 1. The Hall–Kier alpha value is -3.06. The average Bonchev–Trinajstić information content (AvgIpc) is 2.68. The highest BCUT2D eigenvalue weighted by atomic mass is 32.2. The molecule has 0 fully saturated rings. The van der Waals surface area contributed by atoms with Crippen LogP contribution in [0.3, 0.4) is 0 Å². The standard InChI is InChI=1S/C22H24N2O4S/c1-4-28-21-13-11-20(12-14-21)24(29(3,26)27)16(2)22(25)23-19-10-9-17-7-5-6-8-18(17)15-19/h5-16H,4H2,1-3H3,(H,23,25)/t16-/m0/s1. The Bertz CT molecular complexity index is 1110. The van der Waals surface area contributed by atoms with Gasteiger partial charge in [0.15, 0.2) is 0 Å². The van der Waals surface area contributed by atoms with E-state index < -0.39 is 22.0 Å². The number of hydrogen-bond acceptors (Lipinski definition) is 4. The molecule has 3 rings (SSSR count). The van der Waals surface area contributed by atoms with Crippen LogP contribution in [0, 0.1) is 0 Å². The fourth-order valence-electron chi connectivity index (χ4n) is 3.18. The Morgan fingerprint density at radius 2 is 1.69 bits per heavy atom. The Labute approximate surface area is 171 Å². The number of carbonyl (C=O) groups excluding carboxylic acids is 1. The van der Waals surface area contributed by atoms with E-state index in [0.717, 1.165) is 21.3 Å². The maximum absolute atomic E-state index is 12.8. The molecule has 0 aliphatic rings. The summed E-state index contributed by atoms with van der Waals surface area (Å²) < 4.78 is 31.4. The van der Waals surface area contributed by atoms with E-state index in [0.29, 0.717) is 23.7 Å². The van der Waals surface area contributed by atoms with Gasteiger partial charge in [0.25, 0.3) is 0 Å². The summed E-state index contributed by atoms with van der Waals surface area (Å²) >= 11 is 0. The van der Waals surface area contributed by atoms with E-state index in [1.54, 1.807) is 37.3 Å². The zero-order valence-electron chi connectivity index (χ0n) is 16.6. The van der Waals surface area contributed by atoms with Crippen molar-refractivity contribution in [3.05, 3.63) is 66.7 Å². The van der Waals surface area contributed by atoms with Gasteiger partial charge >= 0.3 is 0 Å². The number of anilines is 2. The lowest BCUT2D eigenvalue weighted by molar-refractivity contribution is -0.116. The Balaban J connectivity index is 1.84. The van der Waals surface area contributed by atoms with Crippen LogP contribution in [0.15, 0.2) is 66.7 Å². The van der Waals surface area contributed by atoms with E-state index in [1.165, 1.54) is 0 Å². The number of carbonyl (C=O) groups is 1. The lowest BCUT2D eigenvalue weighted by Crippen LogP contribution is -2.45. The van der Waals surface area contributed by atoms with Crippen LogP contribution in [-0.2, 0) is 14.8 Å². The Morgan fingerprint density at radius 1 is 1.03 bits per heavy atom. The highest BCUT2D eigenvalue weighted by molar-refractivity contribution is 7.92. The van der Waals surface area contributed by atoms with E-state index in [4.69, 9.17) is 4.74 Å². The van der Waals surface area contributed by atoms with Crippen molar-refractivity contribution in [1.29, 1.82) is 0 Å². The molecular formula is C22H24N2O4S. The van der Waals surface area contributed by atoms with Crippen molar-refractivity contribution < 1.29 is 17.9 Å². The van der Waals surface area contributed by atoms with E-state index in [-0.39, 0.29) is 0 Å². The van der Waals surface area contributed by atoms with Gasteiger partial charge in [0.05, 0.1) is 18.6 Å². The van der Waals surface area contributed by atoms with Crippen molar-refractivity contribution in [3.63, 3.8) is 0 Å². The molecule has 0 spiro atoms. The van der Waals surface area contributed by atoms with Crippen LogP contribution in [0.4, 0.5) is 11.4 Å². The molecule has 0 heterocycles. The second-order valence-electron chi connectivity index (χ2n) is 6.71. The summed E-state index contributed by atoms with van der Waals surface area (Å²) in [4.78, 5) is 12.8. The van der Waals surface area contributed by atoms with E-state index in [9.17, 15) is 13.2 Å². The number of rotatable bonds is 7. The highest BCUT2D eigenvalue weighted by Gasteiger charge is 2.29.